The van der Waals surface area contributed by atoms with E-state index in [2.05, 4.69) is 17.9 Å². The second-order valence-electron chi connectivity index (χ2n) is 4.27. The Morgan fingerprint density at radius 2 is 2.18 bits per heavy atom. The molecule has 92 valence electrons. The van der Waals surface area contributed by atoms with Gasteiger partial charge in [0, 0.05) is 6.54 Å². The van der Waals surface area contributed by atoms with Crippen LogP contribution in [0.25, 0.3) is 0 Å². The number of nitrogens with one attached hydrogen (secondary N) is 1. The van der Waals surface area contributed by atoms with E-state index in [0.717, 1.165) is 24.9 Å². The molecular weight excluding hydrogens is 234 g/mol. The van der Waals surface area contributed by atoms with Crippen LogP contribution >= 0.6 is 12.6 Å². The number of carbonyl (C=O) groups is 1. The van der Waals surface area contributed by atoms with Crippen LogP contribution in [0.4, 0.5) is 0 Å². The van der Waals surface area contributed by atoms with Crippen molar-refractivity contribution in [3.8, 4) is 0 Å². The summed E-state index contributed by atoms with van der Waals surface area (Å²) >= 11 is 3.97. The third-order valence-corrected chi connectivity index (χ3v) is 3.34. The fourth-order valence-corrected chi connectivity index (χ4v) is 2.33. The third-order valence-electron chi connectivity index (χ3n) is 3.08. The van der Waals surface area contributed by atoms with Gasteiger partial charge < -0.3 is 10.1 Å². The van der Waals surface area contributed by atoms with Crippen molar-refractivity contribution < 1.29 is 9.53 Å². The van der Waals surface area contributed by atoms with E-state index < -0.39 is 5.60 Å². The number of carbonyl (C=O) groups excluding carboxylic acids is 1. The van der Waals surface area contributed by atoms with Crippen molar-refractivity contribution in [2.75, 3.05) is 18.8 Å². The summed E-state index contributed by atoms with van der Waals surface area (Å²) in [5.41, 5.74) is 0.543. The lowest BCUT2D eigenvalue weighted by molar-refractivity contribution is -0.159. The van der Waals surface area contributed by atoms with Crippen LogP contribution in [0, 0.1) is 0 Å². The number of rotatable bonds is 3. The summed E-state index contributed by atoms with van der Waals surface area (Å²) in [7, 11) is 0. The number of hydrogen-bond acceptors (Lipinski definition) is 4. The second-order valence-corrected chi connectivity index (χ2v) is 4.59. The van der Waals surface area contributed by atoms with Gasteiger partial charge in [0.2, 0.25) is 0 Å². The van der Waals surface area contributed by atoms with Crippen LogP contribution in [0.1, 0.15) is 18.4 Å². The number of ether oxygens (including phenoxy) is 1. The molecule has 0 amide bonds. The van der Waals surface area contributed by atoms with Crippen molar-refractivity contribution in [2.45, 2.75) is 18.4 Å². The average Bonchev–Trinajstić information content (AvgIpc) is 2.40. The second kappa shape index (κ2) is 5.56. The zero-order valence-corrected chi connectivity index (χ0v) is 10.6. The summed E-state index contributed by atoms with van der Waals surface area (Å²) in [5, 5.41) is 3.30. The number of thiol groups is 1. The number of esters is 1. The van der Waals surface area contributed by atoms with Crippen LogP contribution in [0.2, 0.25) is 0 Å². The first-order chi connectivity index (χ1) is 8.27. The SMILES string of the molecule is O=C(CS)OC1(c2ccccc2)CCCNC1. The van der Waals surface area contributed by atoms with Gasteiger partial charge in [-0.2, -0.15) is 12.6 Å². The van der Waals surface area contributed by atoms with E-state index in [1.54, 1.807) is 0 Å². The molecule has 1 aromatic carbocycles. The third kappa shape index (κ3) is 2.82. The molecular formula is C13H17NO2S. The lowest BCUT2D eigenvalue weighted by atomic mass is 9.86. The van der Waals surface area contributed by atoms with Gasteiger partial charge in [-0.15, -0.1) is 0 Å². The summed E-state index contributed by atoms with van der Waals surface area (Å²) in [6, 6.07) is 9.94. The van der Waals surface area contributed by atoms with Gasteiger partial charge in [0.15, 0.2) is 0 Å². The monoisotopic (exact) mass is 251 g/mol. The minimum absolute atomic E-state index is 0.120. The Hall–Kier alpha value is -1.00. The molecule has 3 nitrogen and oxygen atoms in total. The van der Waals surface area contributed by atoms with E-state index >= 15 is 0 Å². The van der Waals surface area contributed by atoms with Crippen LogP contribution in [-0.2, 0) is 15.1 Å². The molecule has 4 heteroatoms. The standard InChI is InChI=1S/C13H17NO2S/c15-12(9-17)16-13(7-4-8-14-10-13)11-5-2-1-3-6-11/h1-3,5-6,14,17H,4,7-10H2. The van der Waals surface area contributed by atoms with Gasteiger partial charge >= 0.3 is 5.97 Å². The summed E-state index contributed by atoms with van der Waals surface area (Å²) in [4.78, 5) is 11.5. The predicted octanol–water partition coefficient (Wildman–Crippen LogP) is 1.74. The number of benzene rings is 1. The maximum atomic E-state index is 11.5. The van der Waals surface area contributed by atoms with Crippen molar-refractivity contribution in [3.05, 3.63) is 35.9 Å². The Balaban J connectivity index is 2.26. The van der Waals surface area contributed by atoms with E-state index in [0.29, 0.717) is 6.54 Å². The minimum Gasteiger partial charge on any atom is -0.452 e. The first-order valence-corrected chi connectivity index (χ1v) is 6.49. The highest BCUT2D eigenvalue weighted by Gasteiger charge is 2.37. The average molecular weight is 251 g/mol. The Morgan fingerprint density at radius 1 is 1.41 bits per heavy atom. The van der Waals surface area contributed by atoms with Crippen LogP contribution < -0.4 is 5.32 Å². The molecule has 1 heterocycles. The largest absolute Gasteiger partial charge is 0.452 e. The first-order valence-electron chi connectivity index (χ1n) is 5.86. The molecule has 1 saturated heterocycles. The zero-order chi connectivity index (χ0) is 12.1. The zero-order valence-electron chi connectivity index (χ0n) is 9.69. The predicted molar refractivity (Wildman–Crippen MR) is 70.2 cm³/mol. The molecule has 0 aliphatic carbocycles. The van der Waals surface area contributed by atoms with Crippen molar-refractivity contribution in [3.63, 3.8) is 0 Å². The molecule has 1 unspecified atom stereocenters. The highest BCUT2D eigenvalue weighted by atomic mass is 32.1. The van der Waals surface area contributed by atoms with E-state index in [1.165, 1.54) is 0 Å². The van der Waals surface area contributed by atoms with Crippen molar-refractivity contribution >= 4 is 18.6 Å². The molecule has 0 aromatic heterocycles. The molecule has 0 bridgehead atoms. The molecule has 1 aliphatic heterocycles. The summed E-state index contributed by atoms with van der Waals surface area (Å²) < 4.78 is 5.64. The Morgan fingerprint density at radius 3 is 2.76 bits per heavy atom. The van der Waals surface area contributed by atoms with Gasteiger partial charge in [0.25, 0.3) is 0 Å². The van der Waals surface area contributed by atoms with Crippen molar-refractivity contribution in [2.24, 2.45) is 0 Å². The lowest BCUT2D eigenvalue weighted by Gasteiger charge is -2.37. The maximum absolute atomic E-state index is 11.5. The van der Waals surface area contributed by atoms with Gasteiger partial charge in [-0.25, -0.2) is 0 Å². The van der Waals surface area contributed by atoms with Crippen LogP contribution in [0.5, 0.6) is 0 Å². The van der Waals surface area contributed by atoms with Crippen LogP contribution in [-0.4, -0.2) is 24.8 Å². The van der Waals surface area contributed by atoms with Crippen LogP contribution in [0.15, 0.2) is 30.3 Å². The smallest absolute Gasteiger partial charge is 0.316 e. The van der Waals surface area contributed by atoms with Gasteiger partial charge in [0.1, 0.15) is 5.60 Å². The van der Waals surface area contributed by atoms with Crippen molar-refractivity contribution in [1.82, 2.24) is 5.32 Å². The fraction of sp³-hybridized carbons (Fsp3) is 0.462. The first kappa shape index (κ1) is 12.5. The molecule has 1 atom stereocenters. The summed E-state index contributed by atoms with van der Waals surface area (Å²) in [6.07, 6.45) is 1.87. The lowest BCUT2D eigenvalue weighted by Crippen LogP contribution is -2.46. The van der Waals surface area contributed by atoms with E-state index in [1.807, 2.05) is 30.3 Å². The molecule has 1 aromatic rings. The summed E-state index contributed by atoms with van der Waals surface area (Å²) in [6.45, 7) is 1.66. The van der Waals surface area contributed by atoms with Gasteiger partial charge in [-0.1, -0.05) is 30.3 Å². The Bertz CT molecular complexity index is 374. The fourth-order valence-electron chi connectivity index (χ4n) is 2.26. The molecule has 0 spiro atoms. The molecule has 1 aliphatic rings. The van der Waals surface area contributed by atoms with E-state index in [-0.39, 0.29) is 11.7 Å². The molecule has 17 heavy (non-hydrogen) atoms. The minimum atomic E-state index is -0.515. The van der Waals surface area contributed by atoms with Crippen molar-refractivity contribution in [1.29, 1.82) is 0 Å². The Labute approximate surface area is 107 Å². The maximum Gasteiger partial charge on any atom is 0.316 e. The normalized spacial score (nSPS) is 24.3. The molecule has 0 saturated carbocycles. The molecule has 1 fully saturated rings. The van der Waals surface area contributed by atoms with E-state index in [9.17, 15) is 4.79 Å². The topological polar surface area (TPSA) is 38.3 Å². The highest BCUT2D eigenvalue weighted by Crippen LogP contribution is 2.32. The van der Waals surface area contributed by atoms with Gasteiger partial charge in [-0.3, -0.25) is 4.79 Å². The van der Waals surface area contributed by atoms with Gasteiger partial charge in [-0.05, 0) is 24.9 Å². The molecule has 0 radical (unpaired) electrons. The number of piperidine rings is 1. The quantitative estimate of drug-likeness (QED) is 0.635. The number of hydrogen-bond donors (Lipinski definition) is 2. The van der Waals surface area contributed by atoms with Crippen LogP contribution in [0.3, 0.4) is 0 Å². The summed E-state index contributed by atoms with van der Waals surface area (Å²) in [5.74, 6) is -0.143. The van der Waals surface area contributed by atoms with E-state index in [4.69, 9.17) is 4.74 Å². The molecule has 2 rings (SSSR count). The molecule has 1 N–H and O–H groups in total. The van der Waals surface area contributed by atoms with Gasteiger partial charge in [0.05, 0.1) is 5.75 Å². The Kier molecular flexibility index (Phi) is 4.07. The highest BCUT2D eigenvalue weighted by molar-refractivity contribution is 7.81.